The normalized spacial score (nSPS) is 11.1. The smallest absolute Gasteiger partial charge is 0.234 e. The molecule has 16 heavy (non-hydrogen) atoms. The Morgan fingerprint density at radius 2 is 2.25 bits per heavy atom. The number of hydrogen-bond acceptors (Lipinski definition) is 5. The molecule has 0 bridgehead atoms. The van der Waals surface area contributed by atoms with Crippen molar-refractivity contribution in [2.45, 2.75) is 6.92 Å². The number of para-hydroxylation sites is 1. The number of anilines is 1. The highest BCUT2D eigenvalue weighted by molar-refractivity contribution is 7.19. The average molecular weight is 231 g/mol. The van der Waals surface area contributed by atoms with Crippen molar-refractivity contribution in [1.82, 2.24) is 19.8 Å². The lowest BCUT2D eigenvalue weighted by atomic mass is 10.1. The molecule has 3 rings (SSSR count). The average Bonchev–Trinajstić information content (AvgIpc) is 2.81. The Bertz CT molecular complexity index is 626. The van der Waals surface area contributed by atoms with Gasteiger partial charge in [0.15, 0.2) is 0 Å². The van der Waals surface area contributed by atoms with Gasteiger partial charge in [0.1, 0.15) is 11.3 Å². The van der Waals surface area contributed by atoms with Crippen molar-refractivity contribution in [3.63, 3.8) is 0 Å². The fraction of sp³-hybridized carbons (Fsp3) is 0.100. The highest BCUT2D eigenvalue weighted by atomic mass is 32.1. The SMILES string of the molecule is Cc1cccc(-c2nn3cnnc3s2)c1N. The van der Waals surface area contributed by atoms with E-state index in [0.717, 1.165) is 26.8 Å². The molecule has 0 aliphatic carbocycles. The summed E-state index contributed by atoms with van der Waals surface area (Å²) in [4.78, 5) is 0.774. The third-order valence-corrected chi connectivity index (χ3v) is 3.39. The summed E-state index contributed by atoms with van der Waals surface area (Å²) < 4.78 is 1.65. The Balaban J connectivity index is 2.23. The van der Waals surface area contributed by atoms with Crippen LogP contribution < -0.4 is 5.73 Å². The number of aromatic nitrogens is 4. The second-order valence-corrected chi connectivity index (χ2v) is 4.46. The van der Waals surface area contributed by atoms with Gasteiger partial charge in [-0.05, 0) is 18.6 Å². The summed E-state index contributed by atoms with van der Waals surface area (Å²) >= 11 is 1.48. The predicted octanol–water partition coefficient (Wildman–Crippen LogP) is 1.74. The van der Waals surface area contributed by atoms with Gasteiger partial charge in [-0.1, -0.05) is 23.5 Å². The molecule has 0 radical (unpaired) electrons. The number of benzene rings is 1. The van der Waals surface area contributed by atoms with Crippen molar-refractivity contribution >= 4 is 22.0 Å². The molecule has 0 amide bonds. The summed E-state index contributed by atoms with van der Waals surface area (Å²) in [6, 6.07) is 5.93. The van der Waals surface area contributed by atoms with Gasteiger partial charge in [-0.2, -0.15) is 9.61 Å². The van der Waals surface area contributed by atoms with Gasteiger partial charge in [0.2, 0.25) is 4.96 Å². The lowest BCUT2D eigenvalue weighted by Crippen LogP contribution is -1.93. The fourth-order valence-corrected chi connectivity index (χ4v) is 2.39. The minimum absolute atomic E-state index is 0.771. The summed E-state index contributed by atoms with van der Waals surface area (Å²) in [6.07, 6.45) is 1.58. The molecular weight excluding hydrogens is 222 g/mol. The third-order valence-electron chi connectivity index (χ3n) is 2.44. The summed E-state index contributed by atoms with van der Waals surface area (Å²) in [5.74, 6) is 0. The molecule has 1 aromatic carbocycles. The Morgan fingerprint density at radius 1 is 1.38 bits per heavy atom. The first-order valence-corrected chi connectivity index (χ1v) is 5.59. The van der Waals surface area contributed by atoms with Crippen molar-refractivity contribution < 1.29 is 0 Å². The summed E-state index contributed by atoms with van der Waals surface area (Å²) in [5, 5.41) is 13.0. The zero-order valence-electron chi connectivity index (χ0n) is 8.58. The van der Waals surface area contributed by atoms with Gasteiger partial charge in [-0.3, -0.25) is 0 Å². The van der Waals surface area contributed by atoms with E-state index in [0.29, 0.717) is 0 Å². The molecule has 2 heterocycles. The van der Waals surface area contributed by atoms with Crippen molar-refractivity contribution in [1.29, 1.82) is 0 Å². The van der Waals surface area contributed by atoms with E-state index in [4.69, 9.17) is 5.73 Å². The zero-order chi connectivity index (χ0) is 11.1. The first-order valence-electron chi connectivity index (χ1n) is 4.78. The molecule has 5 nitrogen and oxygen atoms in total. The van der Waals surface area contributed by atoms with Crippen LogP contribution in [-0.4, -0.2) is 19.8 Å². The molecule has 0 aliphatic heterocycles. The molecule has 3 aromatic rings. The van der Waals surface area contributed by atoms with E-state index in [9.17, 15) is 0 Å². The summed E-state index contributed by atoms with van der Waals surface area (Å²) in [7, 11) is 0. The van der Waals surface area contributed by atoms with E-state index in [1.54, 1.807) is 10.8 Å². The molecule has 2 N–H and O–H groups in total. The second-order valence-electron chi connectivity index (χ2n) is 3.50. The highest BCUT2D eigenvalue weighted by Crippen LogP contribution is 2.30. The minimum Gasteiger partial charge on any atom is -0.398 e. The number of nitrogens with two attached hydrogens (primary N) is 1. The lowest BCUT2D eigenvalue weighted by Gasteiger charge is -2.03. The quantitative estimate of drug-likeness (QED) is 0.648. The van der Waals surface area contributed by atoms with Crippen molar-refractivity contribution in [3.05, 3.63) is 30.1 Å². The first-order chi connectivity index (χ1) is 7.75. The van der Waals surface area contributed by atoms with Gasteiger partial charge in [0.05, 0.1) is 0 Å². The van der Waals surface area contributed by atoms with Crippen LogP contribution in [0.25, 0.3) is 15.5 Å². The van der Waals surface area contributed by atoms with Crippen molar-refractivity contribution in [2.24, 2.45) is 0 Å². The maximum absolute atomic E-state index is 6.03. The van der Waals surface area contributed by atoms with Gasteiger partial charge >= 0.3 is 0 Å². The van der Waals surface area contributed by atoms with Crippen LogP contribution in [0.1, 0.15) is 5.56 Å². The number of hydrogen-bond donors (Lipinski definition) is 1. The lowest BCUT2D eigenvalue weighted by molar-refractivity contribution is 0.960. The van der Waals surface area contributed by atoms with Crippen molar-refractivity contribution in [2.75, 3.05) is 5.73 Å². The molecule has 2 aromatic heterocycles. The highest BCUT2D eigenvalue weighted by Gasteiger charge is 2.11. The van der Waals surface area contributed by atoms with Crippen molar-refractivity contribution in [3.8, 4) is 10.6 Å². The Hall–Kier alpha value is -1.95. The van der Waals surface area contributed by atoms with Gasteiger partial charge in [0.25, 0.3) is 0 Å². The van der Waals surface area contributed by atoms with Gasteiger partial charge in [0, 0.05) is 11.3 Å². The molecule has 0 aliphatic rings. The van der Waals surface area contributed by atoms with Crippen LogP contribution in [0.4, 0.5) is 5.69 Å². The Morgan fingerprint density at radius 3 is 3.06 bits per heavy atom. The van der Waals surface area contributed by atoms with E-state index in [1.165, 1.54) is 11.3 Å². The van der Waals surface area contributed by atoms with Crippen LogP contribution in [-0.2, 0) is 0 Å². The molecule has 0 spiro atoms. The van der Waals surface area contributed by atoms with Gasteiger partial charge < -0.3 is 5.73 Å². The molecule has 80 valence electrons. The number of aryl methyl sites for hydroxylation is 1. The van der Waals surface area contributed by atoms with Gasteiger partial charge in [-0.25, -0.2) is 0 Å². The first kappa shape index (κ1) is 9.29. The van der Waals surface area contributed by atoms with Crippen LogP contribution in [0.2, 0.25) is 0 Å². The predicted molar refractivity (Wildman–Crippen MR) is 63.2 cm³/mol. The Labute approximate surface area is 95.5 Å². The second kappa shape index (κ2) is 3.28. The van der Waals surface area contributed by atoms with Crippen LogP contribution in [0.5, 0.6) is 0 Å². The number of fused-ring (bicyclic) bond motifs is 1. The Kier molecular flexibility index (Phi) is 1.90. The van der Waals surface area contributed by atoms with E-state index < -0.39 is 0 Å². The molecule has 0 unspecified atom stereocenters. The van der Waals surface area contributed by atoms with Crippen LogP contribution >= 0.6 is 11.3 Å². The van der Waals surface area contributed by atoms with Crippen LogP contribution in [0.15, 0.2) is 24.5 Å². The van der Waals surface area contributed by atoms with E-state index >= 15 is 0 Å². The standard InChI is InChI=1S/C10H9N5S/c1-6-3-2-4-7(8(6)11)9-14-15-5-12-13-10(15)16-9/h2-5H,11H2,1H3. The van der Waals surface area contributed by atoms with E-state index in [1.807, 2.05) is 25.1 Å². The number of nitrogens with zero attached hydrogens (tertiary/aromatic N) is 4. The monoisotopic (exact) mass is 231 g/mol. The third kappa shape index (κ3) is 1.27. The van der Waals surface area contributed by atoms with E-state index in [2.05, 4.69) is 15.3 Å². The molecule has 6 heteroatoms. The number of nitrogen functional groups attached to an aromatic ring is 1. The molecule has 0 atom stereocenters. The molecule has 0 saturated heterocycles. The minimum atomic E-state index is 0.771. The van der Waals surface area contributed by atoms with E-state index in [-0.39, 0.29) is 0 Å². The number of rotatable bonds is 1. The zero-order valence-corrected chi connectivity index (χ0v) is 9.40. The molecular formula is C10H9N5S. The maximum Gasteiger partial charge on any atom is 0.234 e. The fourth-order valence-electron chi connectivity index (χ4n) is 1.54. The summed E-state index contributed by atoms with van der Waals surface area (Å²) in [5.41, 5.74) is 8.81. The topological polar surface area (TPSA) is 69.1 Å². The molecule has 0 fully saturated rings. The largest absolute Gasteiger partial charge is 0.398 e. The van der Waals surface area contributed by atoms with Crippen LogP contribution in [0.3, 0.4) is 0 Å². The maximum atomic E-state index is 6.03. The summed E-state index contributed by atoms with van der Waals surface area (Å²) in [6.45, 7) is 1.99. The van der Waals surface area contributed by atoms with Gasteiger partial charge in [-0.15, -0.1) is 10.2 Å². The van der Waals surface area contributed by atoms with Crippen LogP contribution in [0, 0.1) is 6.92 Å². The molecule has 0 saturated carbocycles.